The van der Waals surface area contributed by atoms with E-state index < -0.39 is 58.0 Å². The van der Waals surface area contributed by atoms with Crippen LogP contribution in [0.3, 0.4) is 0 Å². The molecule has 38 heavy (non-hydrogen) atoms. The summed E-state index contributed by atoms with van der Waals surface area (Å²) in [5, 5.41) is 13.6. The van der Waals surface area contributed by atoms with Crippen molar-refractivity contribution in [2.45, 2.75) is 25.4 Å². The second-order valence-electron chi connectivity index (χ2n) is 8.17. The first-order valence-corrected chi connectivity index (χ1v) is 13.6. The summed E-state index contributed by atoms with van der Waals surface area (Å²) in [5.74, 6) is -1.52. The summed E-state index contributed by atoms with van der Waals surface area (Å²) < 4.78 is 42.9. The molecule has 0 aliphatic carbocycles. The fourth-order valence-electron chi connectivity index (χ4n) is 3.92. The predicted octanol–water partition coefficient (Wildman–Crippen LogP) is -5.51. The number of nitrogen functional groups attached to an aromatic ring is 1. The van der Waals surface area contributed by atoms with E-state index in [2.05, 4.69) is 24.6 Å². The zero-order chi connectivity index (χ0) is 27.1. The van der Waals surface area contributed by atoms with Crippen LogP contribution in [0.1, 0.15) is 13.2 Å². The molecule has 3 aromatic rings. The third-order valence-corrected chi connectivity index (χ3v) is 8.50. The SMILES string of the molecule is CC(=O)NC[C@H]1[C@@H](O)[C@H]([n+]2cn(C)c3c(=O)[nH]c(N)nc32)O[C@@H]1COP(=O)([O-])OP(=O)(O)n1ccnc1.[Na+]. The van der Waals surface area contributed by atoms with Gasteiger partial charge in [0, 0.05) is 31.8 Å². The number of H-pyrrole nitrogens is 1. The largest absolute Gasteiger partial charge is 1.00 e. The Kier molecular flexibility index (Phi) is 9.38. The molecule has 4 rings (SSSR count). The topological polar surface area (TPSA) is 253 Å². The van der Waals surface area contributed by atoms with E-state index in [1.54, 1.807) is 7.05 Å². The van der Waals surface area contributed by atoms with Crippen LogP contribution < -0.4 is 55.6 Å². The minimum Gasteiger partial charge on any atom is -0.756 e. The van der Waals surface area contributed by atoms with E-state index in [1.165, 1.54) is 22.4 Å². The van der Waals surface area contributed by atoms with Crippen molar-refractivity contribution in [2.24, 2.45) is 13.0 Å². The number of amides is 1. The molecule has 1 aliphatic rings. The van der Waals surface area contributed by atoms with Gasteiger partial charge >= 0.3 is 43.0 Å². The quantitative estimate of drug-likeness (QED) is 0.0894. The van der Waals surface area contributed by atoms with E-state index in [9.17, 15) is 33.6 Å². The van der Waals surface area contributed by atoms with Crippen LogP contribution in [-0.2, 0) is 34.5 Å². The van der Waals surface area contributed by atoms with Crippen LogP contribution in [0, 0.1) is 5.92 Å². The van der Waals surface area contributed by atoms with Crippen LogP contribution in [0.15, 0.2) is 29.8 Å². The van der Waals surface area contributed by atoms with Crippen molar-refractivity contribution in [1.82, 2.24) is 29.2 Å². The molecular weight excluding hydrogens is 561 g/mol. The number of phosphoric acid groups is 1. The molecule has 2 unspecified atom stereocenters. The van der Waals surface area contributed by atoms with Crippen molar-refractivity contribution in [3.63, 3.8) is 0 Å². The fraction of sp³-hybridized carbons (Fsp3) is 0.471. The number of aromatic amines is 1. The number of aliphatic hydroxyl groups is 1. The molecule has 1 amide bonds. The molecule has 202 valence electrons. The smallest absolute Gasteiger partial charge is 0.756 e. The Hall–Kier alpha value is -1.95. The van der Waals surface area contributed by atoms with Crippen LogP contribution in [0.2, 0.25) is 0 Å². The molecule has 1 fully saturated rings. The van der Waals surface area contributed by atoms with Gasteiger partial charge in [0.05, 0.1) is 19.8 Å². The normalized spacial score (nSPS) is 24.4. The van der Waals surface area contributed by atoms with Crippen LogP contribution in [0.25, 0.3) is 11.2 Å². The van der Waals surface area contributed by atoms with Gasteiger partial charge in [-0.25, -0.2) is 22.8 Å². The van der Waals surface area contributed by atoms with Crippen molar-refractivity contribution in [3.8, 4) is 0 Å². The molecule has 4 heterocycles. The molecule has 1 saturated heterocycles. The van der Waals surface area contributed by atoms with E-state index in [-0.39, 0.29) is 53.2 Å². The number of imidazole rings is 2. The molecule has 0 bridgehead atoms. The van der Waals surface area contributed by atoms with Gasteiger partial charge in [-0.05, 0) is 0 Å². The summed E-state index contributed by atoms with van der Waals surface area (Å²) in [4.78, 5) is 56.1. The van der Waals surface area contributed by atoms with Gasteiger partial charge in [0.1, 0.15) is 12.4 Å². The number of aryl methyl sites for hydroxylation is 1. The number of ether oxygens (including phenoxy) is 1. The van der Waals surface area contributed by atoms with E-state index in [4.69, 9.17) is 15.0 Å². The van der Waals surface area contributed by atoms with Crippen molar-refractivity contribution in [2.75, 3.05) is 18.9 Å². The number of aromatic nitrogens is 6. The fourth-order valence-corrected chi connectivity index (χ4v) is 6.23. The number of carbonyl (C=O) groups excluding carboxylic acids is 1. The number of carbonyl (C=O) groups is 1. The first-order valence-electron chi connectivity index (χ1n) is 10.6. The minimum absolute atomic E-state index is 0. The molecule has 21 heteroatoms. The number of hydrogen-bond donors (Lipinski definition) is 5. The maximum absolute atomic E-state index is 12.3. The third kappa shape index (κ3) is 6.43. The first-order chi connectivity index (χ1) is 17.3. The van der Waals surface area contributed by atoms with Gasteiger partial charge in [0.15, 0.2) is 6.33 Å². The molecule has 18 nitrogen and oxygen atoms in total. The Labute approximate surface area is 236 Å². The average molecular weight is 585 g/mol. The third-order valence-electron chi connectivity index (χ3n) is 5.56. The van der Waals surface area contributed by atoms with Gasteiger partial charge in [-0.15, -0.1) is 0 Å². The van der Waals surface area contributed by atoms with Gasteiger partial charge < -0.3 is 35.2 Å². The van der Waals surface area contributed by atoms with Crippen LogP contribution in [0.4, 0.5) is 5.95 Å². The summed E-state index contributed by atoms with van der Waals surface area (Å²) in [5.41, 5.74) is 5.32. The zero-order valence-electron chi connectivity index (χ0n) is 20.4. The number of hydrogen-bond acceptors (Lipinski definition) is 12. The van der Waals surface area contributed by atoms with Gasteiger partial charge in [-0.1, -0.05) is 4.98 Å². The van der Waals surface area contributed by atoms with E-state index in [0.29, 0.717) is 4.34 Å². The standard InChI is InChI=1S/C17H24N8O10P2.Na/c1-9(26)20-5-10-11(6-33-37(31,32)35-36(29,30)24-4-3-19-7-24)34-16(13(10)27)25-8-23(2)12-14(25)21-17(18)22-15(12)28;/h3-4,7-8,10-11,13,16,27H,5-6H2,1-2H3,(H5-,18,20,21,22,26,28,29,30,31,32);/q;+1/t10-,11-,13-,16-;/m1./s1. The number of anilines is 1. The molecule has 1 aliphatic heterocycles. The van der Waals surface area contributed by atoms with E-state index >= 15 is 0 Å². The second kappa shape index (κ2) is 11.7. The Morgan fingerprint density at radius 3 is 2.79 bits per heavy atom. The average Bonchev–Trinajstić information content (AvgIpc) is 3.49. The monoisotopic (exact) mass is 585 g/mol. The zero-order valence-corrected chi connectivity index (χ0v) is 24.2. The molecule has 0 spiro atoms. The summed E-state index contributed by atoms with van der Waals surface area (Å²) >= 11 is 0. The van der Waals surface area contributed by atoms with Gasteiger partial charge in [-0.2, -0.15) is 0 Å². The number of nitrogens with zero attached hydrogens (tertiary/aromatic N) is 5. The maximum Gasteiger partial charge on any atom is 1.00 e. The molecule has 0 aromatic carbocycles. The number of nitrogens with one attached hydrogen (secondary N) is 2. The second-order valence-corrected chi connectivity index (χ2v) is 11.4. The number of phosphoric ester groups is 1. The van der Waals surface area contributed by atoms with Gasteiger partial charge in [0.25, 0.3) is 19.3 Å². The summed E-state index contributed by atoms with van der Waals surface area (Å²) in [6.07, 6.45) is 0.771. The van der Waals surface area contributed by atoms with Gasteiger partial charge in [-0.3, -0.25) is 23.7 Å². The minimum atomic E-state index is -5.38. The Morgan fingerprint density at radius 1 is 1.45 bits per heavy atom. The number of fused-ring (bicyclic) bond motifs is 1. The van der Waals surface area contributed by atoms with Crippen molar-refractivity contribution in [3.05, 3.63) is 35.4 Å². The number of rotatable bonds is 9. The molecular formula is C17H24N8NaO10P2+. The van der Waals surface area contributed by atoms with Crippen molar-refractivity contribution in [1.29, 1.82) is 0 Å². The molecule has 0 saturated carbocycles. The van der Waals surface area contributed by atoms with E-state index in [0.717, 1.165) is 18.7 Å². The summed E-state index contributed by atoms with van der Waals surface area (Å²) in [6.45, 7) is 0.363. The predicted molar refractivity (Wildman–Crippen MR) is 120 cm³/mol. The number of aliphatic hydroxyl groups excluding tert-OH is 1. The molecule has 3 aromatic heterocycles. The van der Waals surface area contributed by atoms with E-state index in [1.807, 2.05) is 0 Å². The Morgan fingerprint density at radius 2 is 2.16 bits per heavy atom. The maximum atomic E-state index is 12.3. The number of nitrogens with two attached hydrogens (primary N) is 1. The van der Waals surface area contributed by atoms with Crippen LogP contribution >= 0.6 is 15.6 Å². The van der Waals surface area contributed by atoms with Crippen molar-refractivity contribution >= 4 is 38.6 Å². The Bertz CT molecular complexity index is 1460. The summed E-state index contributed by atoms with van der Waals surface area (Å²) in [7, 11) is -8.70. The molecule has 6 N–H and O–H groups in total. The first kappa shape index (κ1) is 30.6. The molecule has 6 atom stereocenters. The van der Waals surface area contributed by atoms with Crippen LogP contribution in [0.5, 0.6) is 0 Å². The van der Waals surface area contributed by atoms with Gasteiger partial charge in [0.2, 0.25) is 17.7 Å². The van der Waals surface area contributed by atoms with Crippen LogP contribution in [-0.4, -0.2) is 65.1 Å². The van der Waals surface area contributed by atoms with Crippen molar-refractivity contribution < 1.29 is 76.5 Å². The summed E-state index contributed by atoms with van der Waals surface area (Å²) in [6, 6.07) is 0. The Balaban J connectivity index is 0.00000400. The molecule has 0 radical (unpaired) electrons.